The van der Waals surface area contributed by atoms with Crippen LogP contribution >= 0.6 is 0 Å². The second-order valence-electron chi connectivity index (χ2n) is 8.02. The van der Waals surface area contributed by atoms with Crippen molar-refractivity contribution in [2.24, 2.45) is 5.92 Å². The van der Waals surface area contributed by atoms with Gasteiger partial charge in [-0.2, -0.15) is 4.98 Å². The lowest BCUT2D eigenvalue weighted by molar-refractivity contribution is 0.318. The molecule has 0 aliphatic carbocycles. The van der Waals surface area contributed by atoms with Gasteiger partial charge in [0, 0.05) is 36.3 Å². The number of benzene rings is 1. The number of furan rings is 1. The van der Waals surface area contributed by atoms with Crippen molar-refractivity contribution in [3.8, 4) is 0 Å². The normalized spacial score (nSPS) is 16.2. The number of nitrogens with zero attached hydrogens (tertiary/aromatic N) is 5. The highest BCUT2D eigenvalue weighted by Gasteiger charge is 2.34. The zero-order chi connectivity index (χ0) is 20.6. The fourth-order valence-corrected chi connectivity index (χ4v) is 4.64. The van der Waals surface area contributed by atoms with Crippen LogP contribution in [-0.2, 0) is 0 Å². The van der Waals surface area contributed by atoms with E-state index in [-0.39, 0.29) is 5.92 Å². The summed E-state index contributed by atoms with van der Waals surface area (Å²) in [5.41, 5.74) is 1.86. The van der Waals surface area contributed by atoms with Crippen LogP contribution in [0.4, 0.5) is 5.82 Å². The molecule has 0 spiro atoms. The molecule has 154 valence electrons. The van der Waals surface area contributed by atoms with E-state index in [1.54, 1.807) is 6.20 Å². The molecular weight excluding hydrogens is 390 g/mol. The molecular formula is C24H21N5O2. The molecule has 1 aromatic carbocycles. The second-order valence-corrected chi connectivity index (χ2v) is 8.02. The van der Waals surface area contributed by atoms with Crippen molar-refractivity contribution in [1.82, 2.24) is 20.1 Å². The van der Waals surface area contributed by atoms with E-state index < -0.39 is 0 Å². The highest BCUT2D eigenvalue weighted by Crippen LogP contribution is 2.39. The van der Waals surface area contributed by atoms with Gasteiger partial charge in [-0.15, -0.1) is 0 Å². The Morgan fingerprint density at radius 1 is 1.00 bits per heavy atom. The largest absolute Gasteiger partial charge is 0.460 e. The third kappa shape index (κ3) is 3.32. The van der Waals surface area contributed by atoms with Crippen molar-refractivity contribution < 1.29 is 8.94 Å². The molecule has 0 N–H and O–H groups in total. The molecule has 1 atom stereocenters. The Morgan fingerprint density at radius 3 is 2.74 bits per heavy atom. The molecule has 7 nitrogen and oxygen atoms in total. The quantitative estimate of drug-likeness (QED) is 0.420. The van der Waals surface area contributed by atoms with Crippen LogP contribution in [0.3, 0.4) is 0 Å². The van der Waals surface area contributed by atoms with E-state index in [4.69, 9.17) is 13.9 Å². The minimum atomic E-state index is -0.0436. The topological polar surface area (TPSA) is 81.1 Å². The fourth-order valence-electron chi connectivity index (χ4n) is 4.64. The number of fused-ring (bicyclic) bond motifs is 2. The van der Waals surface area contributed by atoms with Gasteiger partial charge in [0.05, 0.1) is 11.4 Å². The molecule has 6 rings (SSSR count). The summed E-state index contributed by atoms with van der Waals surface area (Å²) in [4.78, 5) is 15.8. The number of rotatable bonds is 4. The van der Waals surface area contributed by atoms with Gasteiger partial charge in [-0.05, 0) is 49.1 Å². The maximum Gasteiger partial charge on any atom is 0.213 e. The van der Waals surface area contributed by atoms with E-state index in [9.17, 15) is 0 Å². The van der Waals surface area contributed by atoms with Gasteiger partial charge >= 0.3 is 0 Å². The SMILES string of the molecule is c1ccc2nc(N3CCC(C(c4ncon4)c4cc5cnccc5o4)CC3)ccc2c1. The van der Waals surface area contributed by atoms with E-state index in [1.165, 1.54) is 6.39 Å². The molecule has 1 fully saturated rings. The summed E-state index contributed by atoms with van der Waals surface area (Å²) in [6, 6.07) is 16.4. The lowest BCUT2D eigenvalue weighted by atomic mass is 9.82. The van der Waals surface area contributed by atoms with Crippen molar-refractivity contribution in [2.75, 3.05) is 18.0 Å². The lowest BCUT2D eigenvalue weighted by Gasteiger charge is -2.35. The zero-order valence-electron chi connectivity index (χ0n) is 16.9. The van der Waals surface area contributed by atoms with E-state index in [2.05, 4.69) is 50.4 Å². The van der Waals surface area contributed by atoms with E-state index >= 15 is 0 Å². The minimum Gasteiger partial charge on any atom is -0.460 e. The first-order valence-electron chi connectivity index (χ1n) is 10.6. The van der Waals surface area contributed by atoms with E-state index in [0.29, 0.717) is 11.7 Å². The fraction of sp³-hybridized carbons (Fsp3) is 0.250. The number of hydrogen-bond acceptors (Lipinski definition) is 7. The molecule has 1 unspecified atom stereocenters. The second kappa shape index (κ2) is 7.50. The summed E-state index contributed by atoms with van der Waals surface area (Å²) in [6.45, 7) is 1.85. The highest BCUT2D eigenvalue weighted by molar-refractivity contribution is 5.80. The van der Waals surface area contributed by atoms with Gasteiger partial charge in [-0.3, -0.25) is 4.98 Å². The predicted molar refractivity (Wildman–Crippen MR) is 117 cm³/mol. The van der Waals surface area contributed by atoms with Crippen LogP contribution in [-0.4, -0.2) is 33.2 Å². The Hall–Kier alpha value is -3.74. The third-order valence-corrected chi connectivity index (χ3v) is 6.22. The molecule has 0 amide bonds. The Labute approximate surface area is 178 Å². The summed E-state index contributed by atoms with van der Waals surface area (Å²) in [5, 5.41) is 6.32. The van der Waals surface area contributed by atoms with Crippen molar-refractivity contribution in [1.29, 1.82) is 0 Å². The first-order chi connectivity index (χ1) is 15.3. The smallest absolute Gasteiger partial charge is 0.213 e. The van der Waals surface area contributed by atoms with Crippen LogP contribution in [0.5, 0.6) is 0 Å². The maximum atomic E-state index is 6.18. The van der Waals surface area contributed by atoms with Gasteiger partial charge < -0.3 is 13.8 Å². The molecule has 5 aromatic rings. The number of para-hydroxylation sites is 1. The molecule has 0 bridgehead atoms. The first kappa shape index (κ1) is 18.1. The molecule has 1 saturated heterocycles. The van der Waals surface area contributed by atoms with E-state index in [1.807, 2.05) is 24.4 Å². The Balaban J connectivity index is 1.26. The average molecular weight is 411 g/mol. The van der Waals surface area contributed by atoms with Crippen molar-refractivity contribution in [3.05, 3.63) is 78.9 Å². The first-order valence-corrected chi connectivity index (χ1v) is 10.6. The van der Waals surface area contributed by atoms with Crippen LogP contribution in [0.1, 0.15) is 30.3 Å². The molecule has 5 heterocycles. The zero-order valence-corrected chi connectivity index (χ0v) is 16.9. The number of piperidine rings is 1. The third-order valence-electron chi connectivity index (χ3n) is 6.22. The molecule has 31 heavy (non-hydrogen) atoms. The van der Waals surface area contributed by atoms with Crippen LogP contribution < -0.4 is 4.90 Å². The van der Waals surface area contributed by atoms with Crippen molar-refractivity contribution >= 4 is 27.7 Å². The summed E-state index contributed by atoms with van der Waals surface area (Å²) >= 11 is 0. The van der Waals surface area contributed by atoms with Gasteiger partial charge in [0.15, 0.2) is 5.82 Å². The van der Waals surface area contributed by atoms with Crippen LogP contribution in [0.15, 0.2) is 76.3 Å². The number of aromatic nitrogens is 4. The molecule has 4 aromatic heterocycles. The minimum absolute atomic E-state index is 0.0436. The number of hydrogen-bond donors (Lipinski definition) is 0. The molecule has 1 aliphatic rings. The van der Waals surface area contributed by atoms with Gasteiger partial charge in [-0.25, -0.2) is 4.98 Å². The summed E-state index contributed by atoms with van der Waals surface area (Å²) in [6.07, 6.45) is 6.93. The maximum absolute atomic E-state index is 6.18. The van der Waals surface area contributed by atoms with Gasteiger partial charge in [0.25, 0.3) is 0 Å². The Morgan fingerprint density at radius 2 is 1.90 bits per heavy atom. The molecule has 0 radical (unpaired) electrons. The van der Waals surface area contributed by atoms with Crippen LogP contribution in [0.2, 0.25) is 0 Å². The van der Waals surface area contributed by atoms with Crippen molar-refractivity contribution in [3.63, 3.8) is 0 Å². The van der Waals surface area contributed by atoms with E-state index in [0.717, 1.165) is 59.4 Å². The van der Waals surface area contributed by atoms with Gasteiger partial charge in [-0.1, -0.05) is 23.4 Å². The summed E-state index contributed by atoms with van der Waals surface area (Å²) in [5.74, 6) is 2.88. The highest BCUT2D eigenvalue weighted by atomic mass is 16.5. The summed E-state index contributed by atoms with van der Waals surface area (Å²) < 4.78 is 11.3. The monoisotopic (exact) mass is 411 g/mol. The van der Waals surface area contributed by atoms with Crippen LogP contribution in [0, 0.1) is 5.92 Å². The lowest BCUT2D eigenvalue weighted by Crippen LogP contribution is -2.36. The standard InChI is InChI=1S/C24H21N5O2/c1-2-4-19-16(3-1)5-6-22(27-19)29-11-8-17(9-12-29)23(24-26-15-30-28-24)21-13-18-14-25-10-7-20(18)31-21/h1-7,10,13-15,17,23H,8-9,11-12H2. The Bertz CT molecular complexity index is 1290. The van der Waals surface area contributed by atoms with Gasteiger partial charge in [0.2, 0.25) is 6.39 Å². The Kier molecular flexibility index (Phi) is 4.37. The molecule has 1 aliphatic heterocycles. The molecule has 0 saturated carbocycles. The summed E-state index contributed by atoms with van der Waals surface area (Å²) in [7, 11) is 0. The van der Waals surface area contributed by atoms with Crippen LogP contribution in [0.25, 0.3) is 21.9 Å². The predicted octanol–water partition coefficient (Wildman–Crippen LogP) is 4.81. The van der Waals surface area contributed by atoms with Crippen molar-refractivity contribution in [2.45, 2.75) is 18.8 Å². The number of pyridine rings is 2. The molecule has 7 heteroatoms. The average Bonchev–Trinajstić information content (AvgIpc) is 3.50. The number of anilines is 1. The van der Waals surface area contributed by atoms with Gasteiger partial charge in [0.1, 0.15) is 17.2 Å².